The molecular formula is C18H35N3. The quantitative estimate of drug-likeness (QED) is 0.564. The molecule has 3 nitrogen and oxygen atoms in total. The van der Waals surface area contributed by atoms with E-state index in [4.69, 9.17) is 5.10 Å². The van der Waals surface area contributed by atoms with E-state index in [2.05, 4.69) is 50.0 Å². The molecule has 3 heteroatoms. The molecule has 1 rings (SSSR count). The molecule has 1 heterocycles. The highest BCUT2D eigenvalue weighted by atomic mass is 15.3. The van der Waals surface area contributed by atoms with Crippen molar-refractivity contribution in [3.05, 3.63) is 18.0 Å². The van der Waals surface area contributed by atoms with Gasteiger partial charge in [-0.05, 0) is 38.8 Å². The Morgan fingerprint density at radius 3 is 2.62 bits per heavy atom. The van der Waals surface area contributed by atoms with Crippen molar-refractivity contribution in [2.45, 2.75) is 91.1 Å². The number of aromatic nitrogens is 2. The maximum atomic E-state index is 4.75. The molecule has 122 valence electrons. The van der Waals surface area contributed by atoms with Crippen LogP contribution in [0.25, 0.3) is 0 Å². The van der Waals surface area contributed by atoms with Gasteiger partial charge < -0.3 is 5.32 Å². The van der Waals surface area contributed by atoms with E-state index in [-0.39, 0.29) is 0 Å². The summed E-state index contributed by atoms with van der Waals surface area (Å²) >= 11 is 0. The molecule has 2 atom stereocenters. The Morgan fingerprint density at radius 2 is 1.95 bits per heavy atom. The van der Waals surface area contributed by atoms with E-state index < -0.39 is 0 Å². The second-order valence-corrected chi connectivity index (χ2v) is 6.25. The van der Waals surface area contributed by atoms with E-state index in [0.29, 0.717) is 12.1 Å². The number of unbranched alkanes of at least 4 members (excludes halogenated alkanes) is 3. The Labute approximate surface area is 131 Å². The topological polar surface area (TPSA) is 29.9 Å². The molecule has 0 aliphatic rings. The fourth-order valence-corrected chi connectivity index (χ4v) is 2.61. The molecule has 0 radical (unpaired) electrons. The van der Waals surface area contributed by atoms with Crippen molar-refractivity contribution in [3.8, 4) is 0 Å². The second kappa shape index (κ2) is 10.8. The molecule has 0 fully saturated rings. The van der Waals surface area contributed by atoms with Gasteiger partial charge in [0.25, 0.3) is 0 Å². The molecule has 21 heavy (non-hydrogen) atoms. The van der Waals surface area contributed by atoms with Gasteiger partial charge in [0.1, 0.15) is 0 Å². The van der Waals surface area contributed by atoms with Crippen LogP contribution in [-0.4, -0.2) is 22.4 Å². The molecule has 0 aliphatic carbocycles. The highest BCUT2D eigenvalue weighted by molar-refractivity contribution is 5.02. The Kier molecular flexibility index (Phi) is 9.40. The van der Waals surface area contributed by atoms with Crippen LogP contribution in [0.4, 0.5) is 0 Å². The highest BCUT2D eigenvalue weighted by Gasteiger charge is 2.12. The molecule has 0 saturated heterocycles. The van der Waals surface area contributed by atoms with Gasteiger partial charge >= 0.3 is 0 Å². The number of rotatable bonds is 12. The minimum atomic E-state index is 0.505. The van der Waals surface area contributed by atoms with Gasteiger partial charge in [-0.3, -0.25) is 4.68 Å². The third-order valence-electron chi connectivity index (χ3n) is 4.25. The Hall–Kier alpha value is -0.830. The van der Waals surface area contributed by atoms with Gasteiger partial charge in [-0.2, -0.15) is 5.10 Å². The predicted molar refractivity (Wildman–Crippen MR) is 91.8 cm³/mol. The fraction of sp³-hybridized carbons (Fsp3) is 0.833. The van der Waals surface area contributed by atoms with Crippen molar-refractivity contribution in [2.24, 2.45) is 0 Å². The first kappa shape index (κ1) is 18.2. The maximum Gasteiger partial charge on any atom is 0.0640 e. The molecule has 0 saturated carbocycles. The van der Waals surface area contributed by atoms with Crippen LogP contribution in [0.1, 0.15) is 84.4 Å². The first-order valence-electron chi connectivity index (χ1n) is 8.98. The summed E-state index contributed by atoms with van der Waals surface area (Å²) in [6.07, 6.45) is 12.2. The van der Waals surface area contributed by atoms with Crippen molar-refractivity contribution >= 4 is 0 Å². The lowest BCUT2D eigenvalue weighted by Crippen LogP contribution is -2.32. The van der Waals surface area contributed by atoms with Crippen LogP contribution in [0.5, 0.6) is 0 Å². The number of hydrogen-bond donors (Lipinski definition) is 1. The fourth-order valence-electron chi connectivity index (χ4n) is 2.61. The number of hydrogen-bond acceptors (Lipinski definition) is 2. The van der Waals surface area contributed by atoms with Crippen LogP contribution in [0.3, 0.4) is 0 Å². The van der Waals surface area contributed by atoms with Gasteiger partial charge in [0.2, 0.25) is 0 Å². The van der Waals surface area contributed by atoms with E-state index in [1.807, 2.05) is 0 Å². The van der Waals surface area contributed by atoms with Crippen molar-refractivity contribution in [1.29, 1.82) is 0 Å². The maximum absolute atomic E-state index is 4.75. The van der Waals surface area contributed by atoms with E-state index in [1.165, 1.54) is 44.2 Å². The highest BCUT2D eigenvalue weighted by Crippen LogP contribution is 2.13. The van der Waals surface area contributed by atoms with Crippen LogP contribution in [-0.2, 0) is 6.42 Å². The van der Waals surface area contributed by atoms with Gasteiger partial charge in [0.15, 0.2) is 0 Å². The van der Waals surface area contributed by atoms with Crippen molar-refractivity contribution < 1.29 is 0 Å². The third kappa shape index (κ3) is 7.12. The average Bonchev–Trinajstić information content (AvgIpc) is 2.96. The first-order chi connectivity index (χ1) is 10.2. The summed E-state index contributed by atoms with van der Waals surface area (Å²) < 4.78 is 2.11. The number of nitrogens with zero attached hydrogens (tertiary/aromatic N) is 2. The van der Waals surface area contributed by atoms with E-state index in [9.17, 15) is 0 Å². The smallest absolute Gasteiger partial charge is 0.0640 e. The summed E-state index contributed by atoms with van der Waals surface area (Å²) in [6, 6.07) is 3.28. The summed E-state index contributed by atoms with van der Waals surface area (Å²) in [4.78, 5) is 0. The van der Waals surface area contributed by atoms with Gasteiger partial charge in [0, 0.05) is 24.7 Å². The molecular weight excluding hydrogens is 258 g/mol. The SMILES string of the molecule is CCCCCCC(Cc1ccn(C(C)CC)n1)NCCC. The minimum Gasteiger partial charge on any atom is -0.314 e. The lowest BCUT2D eigenvalue weighted by atomic mass is 10.0. The molecule has 0 aliphatic heterocycles. The average molecular weight is 293 g/mol. The van der Waals surface area contributed by atoms with Crippen LogP contribution in [0.2, 0.25) is 0 Å². The van der Waals surface area contributed by atoms with Crippen LogP contribution < -0.4 is 5.32 Å². The van der Waals surface area contributed by atoms with E-state index >= 15 is 0 Å². The molecule has 0 aromatic carbocycles. The van der Waals surface area contributed by atoms with Gasteiger partial charge in [-0.25, -0.2) is 0 Å². The Balaban J connectivity index is 2.48. The van der Waals surface area contributed by atoms with Crippen molar-refractivity contribution in [2.75, 3.05) is 6.54 Å². The van der Waals surface area contributed by atoms with Crippen molar-refractivity contribution in [1.82, 2.24) is 15.1 Å². The lowest BCUT2D eigenvalue weighted by molar-refractivity contribution is 0.438. The summed E-state index contributed by atoms with van der Waals surface area (Å²) in [7, 11) is 0. The Bertz CT molecular complexity index is 359. The summed E-state index contributed by atoms with van der Waals surface area (Å²) in [5.41, 5.74) is 1.24. The lowest BCUT2D eigenvalue weighted by Gasteiger charge is -2.17. The van der Waals surface area contributed by atoms with Crippen LogP contribution in [0, 0.1) is 0 Å². The minimum absolute atomic E-state index is 0.505. The predicted octanol–water partition coefficient (Wildman–Crippen LogP) is 4.74. The van der Waals surface area contributed by atoms with Gasteiger partial charge in [-0.15, -0.1) is 0 Å². The normalized spacial score (nSPS) is 14.3. The second-order valence-electron chi connectivity index (χ2n) is 6.25. The zero-order valence-corrected chi connectivity index (χ0v) is 14.6. The molecule has 0 spiro atoms. The monoisotopic (exact) mass is 293 g/mol. The van der Waals surface area contributed by atoms with E-state index in [1.54, 1.807) is 0 Å². The summed E-state index contributed by atoms with van der Waals surface area (Å²) in [5.74, 6) is 0. The van der Waals surface area contributed by atoms with Crippen LogP contribution >= 0.6 is 0 Å². The molecule has 0 bridgehead atoms. The van der Waals surface area contributed by atoms with Gasteiger partial charge in [-0.1, -0.05) is 46.5 Å². The largest absolute Gasteiger partial charge is 0.314 e. The molecule has 2 unspecified atom stereocenters. The molecule has 1 aromatic rings. The number of nitrogens with one attached hydrogen (secondary N) is 1. The van der Waals surface area contributed by atoms with Crippen molar-refractivity contribution in [3.63, 3.8) is 0 Å². The zero-order valence-electron chi connectivity index (χ0n) is 14.6. The third-order valence-corrected chi connectivity index (χ3v) is 4.25. The molecule has 1 aromatic heterocycles. The Morgan fingerprint density at radius 1 is 1.14 bits per heavy atom. The zero-order chi connectivity index (χ0) is 15.5. The first-order valence-corrected chi connectivity index (χ1v) is 8.98. The molecule has 1 N–H and O–H groups in total. The standard InChI is InChI=1S/C18H35N3/c1-5-8-9-10-11-17(19-13-6-2)15-18-12-14-21(20-18)16(4)7-3/h12,14,16-17,19H,5-11,13,15H2,1-4H3. The van der Waals surface area contributed by atoms with Crippen LogP contribution in [0.15, 0.2) is 12.3 Å². The van der Waals surface area contributed by atoms with Gasteiger partial charge in [0.05, 0.1) is 5.69 Å². The summed E-state index contributed by atoms with van der Waals surface area (Å²) in [6.45, 7) is 10.1. The summed E-state index contributed by atoms with van der Waals surface area (Å²) in [5, 5.41) is 8.45. The molecule has 0 amide bonds. The van der Waals surface area contributed by atoms with E-state index in [0.717, 1.165) is 19.4 Å².